The average molecular weight is 307 g/mol. The number of Topliss-reactive ketones (excluding diaryl/α,β-unsaturated/α-hetero) is 1. The zero-order valence-corrected chi connectivity index (χ0v) is 12.8. The summed E-state index contributed by atoms with van der Waals surface area (Å²) in [5, 5.41) is 14.2. The largest absolute Gasteiger partial charge is 0.337 e. The van der Waals surface area contributed by atoms with Crippen LogP contribution in [0, 0.1) is 18.3 Å². The number of carbonyl (C=O) groups excluding carboxylic acids is 2. The zero-order valence-electron chi connectivity index (χ0n) is 12.8. The van der Waals surface area contributed by atoms with Crippen LogP contribution in [0.3, 0.4) is 0 Å². The number of carbonyl (C=O) groups is 2. The van der Waals surface area contributed by atoms with E-state index < -0.39 is 6.03 Å². The molecule has 116 valence electrons. The molecule has 2 aromatic rings. The van der Waals surface area contributed by atoms with Crippen molar-refractivity contribution in [1.82, 2.24) is 5.32 Å². The maximum Gasteiger partial charge on any atom is 0.319 e. The van der Waals surface area contributed by atoms with Crippen molar-refractivity contribution in [2.75, 3.05) is 11.9 Å². The zero-order chi connectivity index (χ0) is 16.7. The van der Waals surface area contributed by atoms with Gasteiger partial charge in [0.15, 0.2) is 5.78 Å². The van der Waals surface area contributed by atoms with Crippen LogP contribution in [0.2, 0.25) is 0 Å². The summed E-state index contributed by atoms with van der Waals surface area (Å²) in [5.41, 5.74) is 2.55. The minimum absolute atomic E-state index is 0.0253. The Morgan fingerprint density at radius 1 is 1.09 bits per heavy atom. The normalized spacial score (nSPS) is 9.74. The fraction of sp³-hybridized carbons (Fsp3) is 0.167. The molecular weight excluding hydrogens is 290 g/mol. The first-order valence-electron chi connectivity index (χ1n) is 7.24. The first-order valence-corrected chi connectivity index (χ1v) is 7.24. The number of hydrogen-bond acceptors (Lipinski definition) is 3. The fourth-order valence-corrected chi connectivity index (χ4v) is 2.03. The molecular formula is C18H17N3O2. The van der Waals surface area contributed by atoms with Gasteiger partial charge in [0.05, 0.1) is 11.3 Å². The molecule has 2 N–H and O–H groups in total. The van der Waals surface area contributed by atoms with Crippen LogP contribution in [0.25, 0.3) is 0 Å². The Morgan fingerprint density at radius 3 is 2.48 bits per heavy atom. The monoisotopic (exact) mass is 307 g/mol. The molecule has 23 heavy (non-hydrogen) atoms. The van der Waals surface area contributed by atoms with Crippen molar-refractivity contribution in [2.24, 2.45) is 0 Å². The first-order chi connectivity index (χ1) is 11.1. The van der Waals surface area contributed by atoms with E-state index in [0.29, 0.717) is 16.8 Å². The van der Waals surface area contributed by atoms with Gasteiger partial charge in [-0.05, 0) is 19.1 Å². The third-order valence-corrected chi connectivity index (χ3v) is 3.31. The number of hydrogen-bond donors (Lipinski definition) is 2. The van der Waals surface area contributed by atoms with E-state index in [0.717, 1.165) is 5.56 Å². The summed E-state index contributed by atoms with van der Waals surface area (Å²) in [5.74, 6) is -0.0253. The van der Waals surface area contributed by atoms with Crippen molar-refractivity contribution in [2.45, 2.75) is 13.3 Å². The van der Waals surface area contributed by atoms with Crippen LogP contribution in [0.1, 0.15) is 27.9 Å². The molecule has 2 amide bonds. The number of nitriles is 1. The van der Waals surface area contributed by atoms with Gasteiger partial charge in [0.2, 0.25) is 0 Å². The van der Waals surface area contributed by atoms with Crippen molar-refractivity contribution in [3.63, 3.8) is 0 Å². The number of amides is 2. The minimum Gasteiger partial charge on any atom is -0.337 e. The van der Waals surface area contributed by atoms with Crippen LogP contribution >= 0.6 is 0 Å². The van der Waals surface area contributed by atoms with Crippen LogP contribution in [-0.4, -0.2) is 18.4 Å². The van der Waals surface area contributed by atoms with E-state index in [9.17, 15) is 9.59 Å². The van der Waals surface area contributed by atoms with Crippen LogP contribution in [0.15, 0.2) is 48.5 Å². The fourth-order valence-electron chi connectivity index (χ4n) is 2.03. The highest BCUT2D eigenvalue weighted by Gasteiger charge is 2.08. The molecule has 0 saturated carbocycles. The van der Waals surface area contributed by atoms with Gasteiger partial charge in [-0.15, -0.1) is 0 Å². The van der Waals surface area contributed by atoms with Gasteiger partial charge >= 0.3 is 6.03 Å². The van der Waals surface area contributed by atoms with Gasteiger partial charge < -0.3 is 10.6 Å². The molecule has 5 heteroatoms. The molecule has 0 aromatic heterocycles. The number of aryl methyl sites for hydroxylation is 1. The molecule has 0 aliphatic carbocycles. The highest BCUT2D eigenvalue weighted by atomic mass is 16.2. The lowest BCUT2D eigenvalue weighted by molar-refractivity contribution is 0.0984. The SMILES string of the molecule is Cc1ccc(C(=O)CCNC(=O)Nc2ccccc2C#N)cc1. The Hall–Kier alpha value is -3.13. The third-order valence-electron chi connectivity index (χ3n) is 3.31. The van der Waals surface area contributed by atoms with Crippen molar-refractivity contribution in [1.29, 1.82) is 5.26 Å². The highest BCUT2D eigenvalue weighted by molar-refractivity contribution is 5.97. The minimum atomic E-state index is -0.440. The van der Waals surface area contributed by atoms with Gasteiger partial charge in [-0.1, -0.05) is 42.0 Å². The Morgan fingerprint density at radius 2 is 1.78 bits per heavy atom. The van der Waals surface area contributed by atoms with Crippen molar-refractivity contribution in [3.8, 4) is 6.07 Å². The van der Waals surface area contributed by atoms with Crippen molar-refractivity contribution in [3.05, 3.63) is 65.2 Å². The number of ketones is 1. The maximum atomic E-state index is 12.0. The third kappa shape index (κ3) is 4.68. The summed E-state index contributed by atoms with van der Waals surface area (Å²) in [4.78, 5) is 23.8. The number of urea groups is 1. The lowest BCUT2D eigenvalue weighted by Gasteiger charge is -2.08. The molecule has 0 atom stereocenters. The van der Waals surface area contributed by atoms with Gasteiger partial charge in [-0.3, -0.25) is 4.79 Å². The number of rotatable bonds is 5. The second kappa shape index (κ2) is 7.76. The standard InChI is InChI=1S/C18H17N3O2/c1-13-6-8-14(9-7-13)17(22)10-11-20-18(23)21-16-5-3-2-4-15(16)12-19/h2-9H,10-11H2,1H3,(H2,20,21,23). The summed E-state index contributed by atoms with van der Waals surface area (Å²) in [6, 6.07) is 15.6. The highest BCUT2D eigenvalue weighted by Crippen LogP contribution is 2.13. The Bertz CT molecular complexity index is 746. The summed E-state index contributed by atoms with van der Waals surface area (Å²) in [7, 11) is 0. The molecule has 0 radical (unpaired) electrons. The molecule has 5 nitrogen and oxygen atoms in total. The predicted octanol–water partition coefficient (Wildman–Crippen LogP) is 3.26. The van der Waals surface area contributed by atoms with Gasteiger partial charge in [-0.25, -0.2) is 4.79 Å². The molecule has 0 saturated heterocycles. The van der Waals surface area contributed by atoms with Gasteiger partial charge in [-0.2, -0.15) is 5.26 Å². The van der Waals surface area contributed by atoms with E-state index in [2.05, 4.69) is 10.6 Å². The first kappa shape index (κ1) is 16.2. The molecule has 0 heterocycles. The van der Waals surface area contributed by atoms with Crippen LogP contribution in [-0.2, 0) is 0 Å². The van der Waals surface area contributed by atoms with Crippen LogP contribution in [0.5, 0.6) is 0 Å². The predicted molar refractivity (Wildman–Crippen MR) is 88.3 cm³/mol. The molecule has 2 rings (SSSR count). The second-order valence-electron chi connectivity index (χ2n) is 5.08. The molecule has 0 aliphatic rings. The molecule has 0 aliphatic heterocycles. The molecule has 0 spiro atoms. The summed E-state index contributed by atoms with van der Waals surface area (Å²) < 4.78 is 0. The van der Waals surface area contributed by atoms with Crippen LogP contribution in [0.4, 0.5) is 10.5 Å². The quantitative estimate of drug-likeness (QED) is 0.832. The van der Waals surface area contributed by atoms with Crippen molar-refractivity contribution >= 4 is 17.5 Å². The van der Waals surface area contributed by atoms with E-state index in [1.807, 2.05) is 25.1 Å². The molecule has 0 bridgehead atoms. The molecule has 0 unspecified atom stereocenters. The molecule has 0 fully saturated rings. The van der Waals surface area contributed by atoms with E-state index >= 15 is 0 Å². The Labute approximate surface area is 134 Å². The Kier molecular flexibility index (Phi) is 5.48. The summed E-state index contributed by atoms with van der Waals surface area (Å²) in [6.45, 7) is 2.19. The van der Waals surface area contributed by atoms with E-state index in [1.54, 1.807) is 36.4 Å². The number of anilines is 1. The number of nitrogens with one attached hydrogen (secondary N) is 2. The topological polar surface area (TPSA) is 82.0 Å². The summed E-state index contributed by atoms with van der Waals surface area (Å²) in [6.07, 6.45) is 0.219. The van der Waals surface area contributed by atoms with Gasteiger partial charge in [0, 0.05) is 18.5 Å². The second-order valence-corrected chi connectivity index (χ2v) is 5.08. The number of para-hydroxylation sites is 1. The average Bonchev–Trinajstić information content (AvgIpc) is 2.56. The van der Waals surface area contributed by atoms with Gasteiger partial charge in [0.1, 0.15) is 6.07 Å². The van der Waals surface area contributed by atoms with Crippen LogP contribution < -0.4 is 10.6 Å². The maximum absolute atomic E-state index is 12.0. The lowest BCUT2D eigenvalue weighted by atomic mass is 10.1. The number of benzene rings is 2. The lowest BCUT2D eigenvalue weighted by Crippen LogP contribution is -2.30. The van der Waals surface area contributed by atoms with Gasteiger partial charge in [0.25, 0.3) is 0 Å². The van der Waals surface area contributed by atoms with E-state index in [-0.39, 0.29) is 18.7 Å². The Balaban J connectivity index is 1.82. The van der Waals surface area contributed by atoms with E-state index in [1.165, 1.54) is 0 Å². The molecule has 2 aromatic carbocycles. The van der Waals surface area contributed by atoms with Crippen molar-refractivity contribution < 1.29 is 9.59 Å². The summed E-state index contributed by atoms with van der Waals surface area (Å²) >= 11 is 0. The smallest absolute Gasteiger partial charge is 0.319 e. The van der Waals surface area contributed by atoms with E-state index in [4.69, 9.17) is 5.26 Å². The number of nitrogens with zero attached hydrogens (tertiary/aromatic N) is 1.